The van der Waals surface area contributed by atoms with Crippen LogP contribution in [0.3, 0.4) is 0 Å². The lowest BCUT2D eigenvalue weighted by Gasteiger charge is -2.17. The molecule has 0 aliphatic heterocycles. The molecule has 0 unspecified atom stereocenters. The van der Waals surface area contributed by atoms with Crippen LogP contribution in [0.1, 0.15) is 16.7 Å². The maximum atomic E-state index is 4.07. The van der Waals surface area contributed by atoms with Gasteiger partial charge in [0.2, 0.25) is 0 Å². The maximum Gasteiger partial charge on any atom is -0.00196 e. The second-order valence-electron chi connectivity index (χ2n) is 3.79. The molecule has 0 N–H and O–H groups in total. The molecular formula is C14H14. The molecule has 70 valence electrons. The molecule has 0 atom stereocenters. The van der Waals surface area contributed by atoms with E-state index in [0.29, 0.717) is 0 Å². The topological polar surface area (TPSA) is 0 Å². The van der Waals surface area contributed by atoms with Crippen molar-refractivity contribution in [1.82, 2.24) is 0 Å². The number of rotatable bonds is 1. The fourth-order valence-corrected chi connectivity index (χ4v) is 1.85. The van der Waals surface area contributed by atoms with Crippen molar-refractivity contribution >= 4 is 5.57 Å². The van der Waals surface area contributed by atoms with Crippen LogP contribution in [0.25, 0.3) is 5.57 Å². The van der Waals surface area contributed by atoms with Gasteiger partial charge in [-0.3, -0.25) is 0 Å². The van der Waals surface area contributed by atoms with Crippen LogP contribution in [-0.2, 0) is 6.42 Å². The Morgan fingerprint density at radius 2 is 2.14 bits per heavy atom. The summed E-state index contributed by atoms with van der Waals surface area (Å²) in [6.45, 7) is 9.98. The van der Waals surface area contributed by atoms with Crippen molar-refractivity contribution in [3.8, 4) is 0 Å². The van der Waals surface area contributed by atoms with Gasteiger partial charge in [0.05, 0.1) is 0 Å². The Labute approximate surface area is 85.3 Å². The third kappa shape index (κ3) is 1.44. The van der Waals surface area contributed by atoms with Crippen LogP contribution >= 0.6 is 0 Å². The van der Waals surface area contributed by atoms with E-state index in [1.807, 2.05) is 6.08 Å². The number of benzene rings is 1. The first kappa shape index (κ1) is 9.01. The molecule has 2 rings (SSSR count). The first-order valence-electron chi connectivity index (χ1n) is 4.82. The molecule has 0 nitrogen and oxygen atoms in total. The monoisotopic (exact) mass is 182 g/mol. The first-order chi connectivity index (χ1) is 6.70. The zero-order valence-electron chi connectivity index (χ0n) is 8.51. The molecule has 0 heterocycles. The lowest BCUT2D eigenvalue weighted by atomic mass is 9.88. The van der Waals surface area contributed by atoms with E-state index in [-0.39, 0.29) is 0 Å². The van der Waals surface area contributed by atoms with Crippen LogP contribution in [-0.4, -0.2) is 0 Å². The Hall–Kier alpha value is -1.56. The zero-order valence-corrected chi connectivity index (χ0v) is 8.51. The molecule has 0 saturated heterocycles. The summed E-state index contributed by atoms with van der Waals surface area (Å²) < 4.78 is 0. The highest BCUT2D eigenvalue weighted by molar-refractivity contribution is 5.78. The summed E-state index contributed by atoms with van der Waals surface area (Å²) in [7, 11) is 0. The second-order valence-corrected chi connectivity index (χ2v) is 3.79. The summed E-state index contributed by atoms with van der Waals surface area (Å²) in [6.07, 6.45) is 5.01. The number of aryl methyl sites for hydroxylation is 1. The average molecular weight is 182 g/mol. The summed E-state index contributed by atoms with van der Waals surface area (Å²) in [5, 5.41) is 0. The molecule has 0 amide bonds. The third-order valence-electron chi connectivity index (χ3n) is 2.63. The Morgan fingerprint density at radius 1 is 1.36 bits per heavy atom. The van der Waals surface area contributed by atoms with Crippen molar-refractivity contribution in [2.45, 2.75) is 13.3 Å². The summed E-state index contributed by atoms with van der Waals surface area (Å²) in [5.41, 5.74) is 6.30. The molecule has 14 heavy (non-hydrogen) atoms. The normalized spacial score (nSPS) is 14.6. The minimum Gasteiger partial charge on any atom is -0.0988 e. The van der Waals surface area contributed by atoms with Crippen LogP contribution in [0.4, 0.5) is 0 Å². The van der Waals surface area contributed by atoms with E-state index in [4.69, 9.17) is 0 Å². The molecule has 0 heteroatoms. The average Bonchev–Trinajstić information content (AvgIpc) is 2.19. The van der Waals surface area contributed by atoms with Crippen LogP contribution in [0.2, 0.25) is 0 Å². The number of hydrogen-bond acceptors (Lipinski definition) is 0. The van der Waals surface area contributed by atoms with E-state index >= 15 is 0 Å². The van der Waals surface area contributed by atoms with Gasteiger partial charge < -0.3 is 0 Å². The van der Waals surface area contributed by atoms with Gasteiger partial charge in [0, 0.05) is 0 Å². The predicted molar refractivity (Wildman–Crippen MR) is 62.2 cm³/mol. The third-order valence-corrected chi connectivity index (χ3v) is 2.63. The molecule has 0 aromatic heterocycles. The fraction of sp³-hybridized carbons (Fsp3) is 0.143. The standard InChI is InChI=1S/C14H14/c1-4-12-8-11(3)14-7-10(2)5-6-13(14)9-12/h4-8H,1,3,9H2,2H3. The number of allylic oxidation sites excluding steroid dienone is 4. The van der Waals surface area contributed by atoms with E-state index < -0.39 is 0 Å². The molecule has 1 aromatic carbocycles. The molecule has 0 fully saturated rings. The van der Waals surface area contributed by atoms with Gasteiger partial charge in [-0.05, 0) is 35.6 Å². The minimum atomic E-state index is 0.984. The molecule has 0 saturated carbocycles. The van der Waals surface area contributed by atoms with Gasteiger partial charge in [0.1, 0.15) is 0 Å². The van der Waals surface area contributed by atoms with Gasteiger partial charge in [-0.1, -0.05) is 49.1 Å². The Bertz CT molecular complexity index is 433. The first-order valence-corrected chi connectivity index (χ1v) is 4.82. The van der Waals surface area contributed by atoms with E-state index in [0.717, 1.165) is 12.0 Å². The minimum absolute atomic E-state index is 0.984. The van der Waals surface area contributed by atoms with Crippen molar-refractivity contribution in [3.05, 3.63) is 65.8 Å². The lowest BCUT2D eigenvalue weighted by molar-refractivity contribution is 1.16. The van der Waals surface area contributed by atoms with Gasteiger partial charge in [0.25, 0.3) is 0 Å². The highest BCUT2D eigenvalue weighted by Crippen LogP contribution is 2.29. The van der Waals surface area contributed by atoms with Crippen molar-refractivity contribution in [1.29, 1.82) is 0 Å². The van der Waals surface area contributed by atoms with Crippen molar-refractivity contribution < 1.29 is 0 Å². The molecular weight excluding hydrogens is 168 g/mol. The Morgan fingerprint density at radius 3 is 2.86 bits per heavy atom. The number of fused-ring (bicyclic) bond motifs is 1. The smallest absolute Gasteiger partial charge is 0.00196 e. The Kier molecular flexibility index (Phi) is 2.12. The molecule has 0 spiro atoms. The van der Waals surface area contributed by atoms with Crippen molar-refractivity contribution in [2.75, 3.05) is 0 Å². The molecule has 1 aliphatic rings. The Balaban J connectivity index is 2.53. The van der Waals surface area contributed by atoms with Gasteiger partial charge in [-0.25, -0.2) is 0 Å². The highest BCUT2D eigenvalue weighted by atomic mass is 14.2. The fourth-order valence-electron chi connectivity index (χ4n) is 1.85. The summed E-state index contributed by atoms with van der Waals surface area (Å²) in [4.78, 5) is 0. The van der Waals surface area contributed by atoms with Crippen LogP contribution in [0.5, 0.6) is 0 Å². The van der Waals surface area contributed by atoms with Gasteiger partial charge in [0.15, 0.2) is 0 Å². The molecule has 0 radical (unpaired) electrons. The van der Waals surface area contributed by atoms with Crippen molar-refractivity contribution in [3.63, 3.8) is 0 Å². The van der Waals surface area contributed by atoms with E-state index in [9.17, 15) is 0 Å². The number of hydrogen-bond donors (Lipinski definition) is 0. The summed E-state index contributed by atoms with van der Waals surface area (Å²) in [6, 6.07) is 6.54. The maximum absolute atomic E-state index is 4.07. The second kappa shape index (κ2) is 3.30. The largest absolute Gasteiger partial charge is 0.0988 e. The van der Waals surface area contributed by atoms with E-state index in [2.05, 4.69) is 44.4 Å². The van der Waals surface area contributed by atoms with E-state index in [1.165, 1.54) is 22.3 Å². The predicted octanol–water partition coefficient (Wildman–Crippen LogP) is 3.68. The van der Waals surface area contributed by atoms with Crippen LogP contribution in [0, 0.1) is 6.92 Å². The SMILES string of the molecule is C=CC1=CC(=C)c2cc(C)ccc2C1. The lowest BCUT2D eigenvalue weighted by Crippen LogP contribution is -2.00. The quantitative estimate of drug-likeness (QED) is 0.621. The molecule has 1 aliphatic carbocycles. The van der Waals surface area contributed by atoms with Crippen LogP contribution < -0.4 is 0 Å². The van der Waals surface area contributed by atoms with Crippen molar-refractivity contribution in [2.24, 2.45) is 0 Å². The molecule has 0 bridgehead atoms. The summed E-state index contributed by atoms with van der Waals surface area (Å²) in [5.74, 6) is 0. The van der Waals surface area contributed by atoms with Gasteiger partial charge in [-0.2, -0.15) is 0 Å². The molecule has 1 aromatic rings. The summed E-state index contributed by atoms with van der Waals surface area (Å²) >= 11 is 0. The highest BCUT2D eigenvalue weighted by Gasteiger charge is 2.11. The van der Waals surface area contributed by atoms with Gasteiger partial charge in [-0.15, -0.1) is 0 Å². The zero-order chi connectivity index (χ0) is 10.1. The van der Waals surface area contributed by atoms with E-state index in [1.54, 1.807) is 0 Å². The van der Waals surface area contributed by atoms with Crippen LogP contribution in [0.15, 0.2) is 49.1 Å². The van der Waals surface area contributed by atoms with Gasteiger partial charge >= 0.3 is 0 Å².